The monoisotopic (exact) mass is 580 g/mol. The van der Waals surface area contributed by atoms with Crippen molar-refractivity contribution in [2.45, 2.75) is 61.4 Å². The number of ether oxygens (including phenoxy) is 6. The van der Waals surface area contributed by atoms with Crippen molar-refractivity contribution in [3.63, 3.8) is 0 Å². The van der Waals surface area contributed by atoms with Crippen molar-refractivity contribution >= 4 is 10.4 Å². The normalized spacial score (nSPS) is 35.7. The van der Waals surface area contributed by atoms with Crippen LogP contribution in [0.5, 0.6) is 17.2 Å². The first kappa shape index (κ1) is 33.3. The van der Waals surface area contributed by atoms with E-state index in [1.54, 1.807) is 0 Å². The van der Waals surface area contributed by atoms with E-state index in [2.05, 4.69) is 4.18 Å². The van der Waals surface area contributed by atoms with Crippen LogP contribution >= 0.6 is 0 Å². The maximum atomic E-state index is 10.9. The largest absolute Gasteiger partial charge is 1.00 e. The molecule has 10 atom stereocenters. The van der Waals surface area contributed by atoms with Crippen molar-refractivity contribution in [1.82, 2.24) is 0 Å². The predicted octanol–water partition coefficient (Wildman–Crippen LogP) is -6.80. The average Bonchev–Trinajstić information content (AvgIpc) is 2.86. The number of hydrogen-bond donors (Lipinski definition) is 6. The molecule has 38 heavy (non-hydrogen) atoms. The van der Waals surface area contributed by atoms with E-state index in [4.69, 9.17) is 28.4 Å². The van der Waals surface area contributed by atoms with E-state index < -0.39 is 85.0 Å². The Kier molecular flexibility index (Phi) is 12.4. The molecule has 0 radical (unpaired) electrons. The summed E-state index contributed by atoms with van der Waals surface area (Å²) in [5, 5.41) is 61.0. The van der Waals surface area contributed by atoms with E-state index in [-0.39, 0.29) is 41.1 Å². The van der Waals surface area contributed by atoms with Gasteiger partial charge < -0.3 is 63.6 Å². The molecule has 2 aliphatic heterocycles. The maximum Gasteiger partial charge on any atom is 1.00 e. The van der Waals surface area contributed by atoms with E-state index in [1.807, 2.05) is 0 Å². The van der Waals surface area contributed by atoms with E-state index >= 15 is 0 Å². The number of hydrogen-bond acceptors (Lipinski definition) is 16. The van der Waals surface area contributed by atoms with Gasteiger partial charge in [0.1, 0.15) is 48.5 Å². The summed E-state index contributed by atoms with van der Waals surface area (Å²) in [4.78, 5) is 0. The van der Waals surface area contributed by atoms with Gasteiger partial charge in [0.15, 0.2) is 23.9 Å². The van der Waals surface area contributed by atoms with Crippen LogP contribution in [-0.2, 0) is 28.8 Å². The Hall–Kier alpha value is -0.870. The zero-order valence-electron chi connectivity index (χ0n) is 20.6. The van der Waals surface area contributed by atoms with Crippen molar-refractivity contribution in [3.05, 3.63) is 18.2 Å². The molecule has 0 aliphatic carbocycles. The minimum Gasteiger partial charge on any atom is -0.726 e. The van der Waals surface area contributed by atoms with Gasteiger partial charge in [-0.05, 0) is 12.1 Å². The molecule has 0 amide bonds. The number of rotatable bonds is 10. The molecule has 2 fully saturated rings. The van der Waals surface area contributed by atoms with Gasteiger partial charge in [-0.25, -0.2) is 8.42 Å². The average molecular weight is 580 g/mol. The van der Waals surface area contributed by atoms with Crippen LogP contribution in [0, 0.1) is 0 Å². The number of methoxy groups -OCH3 is 2. The van der Waals surface area contributed by atoms with E-state index in [0.29, 0.717) is 5.75 Å². The van der Waals surface area contributed by atoms with Crippen molar-refractivity contribution < 1.29 is 106 Å². The molecule has 2 aliphatic rings. The van der Waals surface area contributed by atoms with E-state index in [0.717, 1.165) is 0 Å². The number of aliphatic hydroxyl groups is 6. The fraction of sp³-hybridized carbons (Fsp3) is 0.700. The molecule has 3 rings (SSSR count). The third kappa shape index (κ3) is 7.87. The van der Waals surface area contributed by atoms with Gasteiger partial charge in [0.25, 0.3) is 0 Å². The Morgan fingerprint density at radius 2 is 1.47 bits per heavy atom. The molecule has 1 aromatic rings. The van der Waals surface area contributed by atoms with Gasteiger partial charge in [0.2, 0.25) is 16.7 Å². The van der Waals surface area contributed by atoms with Gasteiger partial charge in [-0.3, -0.25) is 4.18 Å². The Balaban J connectivity index is 0.00000507. The smallest absolute Gasteiger partial charge is 0.726 e. The zero-order valence-corrected chi connectivity index (χ0v) is 23.4. The van der Waals surface area contributed by atoms with Crippen LogP contribution in [0.4, 0.5) is 0 Å². The molecule has 0 unspecified atom stereocenters. The molecular formula is C20H29NaO16S. The second-order valence-corrected chi connectivity index (χ2v) is 9.20. The van der Waals surface area contributed by atoms with Crippen molar-refractivity contribution in [1.29, 1.82) is 0 Å². The Morgan fingerprint density at radius 3 is 2.05 bits per heavy atom. The Bertz CT molecular complexity index is 995. The van der Waals surface area contributed by atoms with Crippen molar-refractivity contribution in [2.75, 3.05) is 27.4 Å². The van der Waals surface area contributed by atoms with Gasteiger partial charge in [0.05, 0.1) is 27.4 Å². The second-order valence-electron chi connectivity index (χ2n) is 8.15. The van der Waals surface area contributed by atoms with Crippen molar-refractivity contribution in [3.8, 4) is 17.2 Å². The molecule has 212 valence electrons. The van der Waals surface area contributed by atoms with E-state index in [9.17, 15) is 43.6 Å². The molecule has 6 N–H and O–H groups in total. The molecule has 18 heteroatoms. The summed E-state index contributed by atoms with van der Waals surface area (Å²) in [6.45, 7) is -1.74. The first-order valence-corrected chi connectivity index (χ1v) is 12.2. The standard InChI is InChI=1S/C20H30O16S.Na/c1-30-9-4-3-8(5-10(9)31-2)33-20-18(16(25)14(23)12(35-20)7-32-37(27,28)29)36-19-17(26)15(24)13(22)11(6-21)34-19;/h3-5,11-26H,6-7H2,1-2H3,(H,27,28,29);/q;+1/p-1/t11-,12-,13+,14-,15+,16+,17-,18-,19+,20-;/m1./s1. The van der Waals surface area contributed by atoms with Gasteiger partial charge >= 0.3 is 29.6 Å². The van der Waals surface area contributed by atoms with Gasteiger partial charge in [-0.15, -0.1) is 0 Å². The fourth-order valence-corrected chi connectivity index (χ4v) is 4.09. The fourth-order valence-electron chi connectivity index (χ4n) is 3.79. The molecule has 1 aromatic carbocycles. The maximum absolute atomic E-state index is 10.9. The Morgan fingerprint density at radius 1 is 0.868 bits per heavy atom. The van der Waals surface area contributed by atoms with E-state index in [1.165, 1.54) is 32.4 Å². The van der Waals surface area contributed by atoms with Crippen LogP contribution in [0.15, 0.2) is 18.2 Å². The van der Waals surface area contributed by atoms with Crippen LogP contribution in [0.3, 0.4) is 0 Å². The van der Waals surface area contributed by atoms with Crippen LogP contribution in [0.25, 0.3) is 0 Å². The van der Waals surface area contributed by atoms with Gasteiger partial charge in [-0.1, -0.05) is 0 Å². The van der Waals surface area contributed by atoms with Crippen molar-refractivity contribution in [2.24, 2.45) is 0 Å². The minimum atomic E-state index is -5.17. The molecule has 2 heterocycles. The van der Waals surface area contributed by atoms with Crippen LogP contribution in [0.2, 0.25) is 0 Å². The van der Waals surface area contributed by atoms with Crippen LogP contribution in [0.1, 0.15) is 0 Å². The second kappa shape index (κ2) is 14.2. The summed E-state index contributed by atoms with van der Waals surface area (Å²) < 4.78 is 69.2. The summed E-state index contributed by atoms with van der Waals surface area (Å²) in [6, 6.07) is 4.26. The molecule has 0 aromatic heterocycles. The molecule has 2 saturated heterocycles. The first-order valence-electron chi connectivity index (χ1n) is 10.9. The zero-order chi connectivity index (χ0) is 27.5. The summed E-state index contributed by atoms with van der Waals surface area (Å²) >= 11 is 0. The molecule has 0 bridgehead atoms. The molecule has 16 nitrogen and oxygen atoms in total. The minimum absolute atomic E-state index is 0. The Labute approximate surface area is 239 Å². The molecular weight excluding hydrogens is 551 g/mol. The molecule has 0 spiro atoms. The third-order valence-corrected chi connectivity index (χ3v) is 6.19. The van der Waals surface area contributed by atoms with Crippen LogP contribution in [-0.4, -0.2) is 132 Å². The number of benzene rings is 1. The third-order valence-electron chi connectivity index (χ3n) is 5.77. The van der Waals surface area contributed by atoms with Gasteiger partial charge in [0, 0.05) is 6.07 Å². The topological polar surface area (TPSA) is 243 Å². The SMILES string of the molecule is COc1ccc(O[C@@H]2O[C@H](COS(=O)(=O)[O-])[C@@H](O)[C@H](O)[C@H]2O[C@@H]2O[C@H](CO)[C@H](O)[C@H](O)[C@H]2O)cc1OC.[Na+]. The summed E-state index contributed by atoms with van der Waals surface area (Å²) in [5.74, 6) is 0.640. The predicted molar refractivity (Wildman–Crippen MR) is 115 cm³/mol. The first-order chi connectivity index (χ1) is 17.4. The summed E-state index contributed by atoms with van der Waals surface area (Å²) in [7, 11) is -2.41. The number of aliphatic hydroxyl groups excluding tert-OH is 6. The van der Waals surface area contributed by atoms with Crippen LogP contribution < -0.4 is 43.8 Å². The summed E-state index contributed by atoms with van der Waals surface area (Å²) in [6.07, 6.45) is -17.2. The quantitative estimate of drug-likeness (QED) is 0.0855. The molecule has 0 saturated carbocycles. The van der Waals surface area contributed by atoms with Gasteiger partial charge in [-0.2, -0.15) is 0 Å². The summed E-state index contributed by atoms with van der Waals surface area (Å²) in [5.41, 5.74) is 0.